The molecule has 1 amide bonds. The Morgan fingerprint density at radius 3 is 2.79 bits per heavy atom. The number of ether oxygens (including phenoxy) is 1. The van der Waals surface area contributed by atoms with Crippen LogP contribution in [0.3, 0.4) is 0 Å². The molecular formula is C14H16FNO3. The summed E-state index contributed by atoms with van der Waals surface area (Å²) >= 11 is 0. The first kappa shape index (κ1) is 14.9. The minimum absolute atomic E-state index is 0.118. The van der Waals surface area contributed by atoms with E-state index in [1.54, 1.807) is 25.1 Å². The van der Waals surface area contributed by atoms with E-state index < -0.39 is 5.82 Å². The average molecular weight is 265 g/mol. The highest BCUT2D eigenvalue weighted by atomic mass is 19.1. The number of nitrogens with one attached hydrogen (secondary N) is 1. The molecule has 0 aromatic heterocycles. The van der Waals surface area contributed by atoms with Crippen molar-refractivity contribution < 1.29 is 18.7 Å². The van der Waals surface area contributed by atoms with Gasteiger partial charge in [-0.2, -0.15) is 0 Å². The van der Waals surface area contributed by atoms with Gasteiger partial charge in [0.1, 0.15) is 5.82 Å². The molecule has 0 aliphatic heterocycles. The molecule has 0 saturated heterocycles. The molecule has 1 aromatic carbocycles. The number of rotatable bonds is 6. The third-order valence-corrected chi connectivity index (χ3v) is 2.25. The summed E-state index contributed by atoms with van der Waals surface area (Å²) in [4.78, 5) is 22.4. The standard InChI is InChI=1S/C14H16FNO3/c1-2-19-14(18)9-10-16-13(17)8-7-11-5-3-4-6-12(11)15/h3-8H,2,9-10H2,1H3,(H,16,17)/b8-7+. The molecule has 19 heavy (non-hydrogen) atoms. The van der Waals surface area contributed by atoms with Gasteiger partial charge in [0.2, 0.25) is 5.91 Å². The predicted molar refractivity (Wildman–Crippen MR) is 69.7 cm³/mol. The van der Waals surface area contributed by atoms with Crippen molar-refractivity contribution in [1.29, 1.82) is 0 Å². The molecule has 102 valence electrons. The number of carbonyl (C=O) groups excluding carboxylic acids is 2. The van der Waals surface area contributed by atoms with E-state index in [1.165, 1.54) is 18.2 Å². The Bertz CT molecular complexity index is 472. The molecule has 0 bridgehead atoms. The van der Waals surface area contributed by atoms with Crippen LogP contribution >= 0.6 is 0 Å². The zero-order valence-corrected chi connectivity index (χ0v) is 10.7. The summed E-state index contributed by atoms with van der Waals surface area (Å²) in [5, 5.41) is 2.51. The second-order valence-electron chi connectivity index (χ2n) is 3.70. The second-order valence-corrected chi connectivity index (χ2v) is 3.70. The molecule has 0 fully saturated rings. The van der Waals surface area contributed by atoms with Crippen molar-refractivity contribution in [2.75, 3.05) is 13.2 Å². The first-order chi connectivity index (χ1) is 9.13. The molecule has 5 heteroatoms. The molecule has 0 aliphatic carbocycles. The molecule has 0 unspecified atom stereocenters. The van der Waals surface area contributed by atoms with Crippen LogP contribution in [-0.2, 0) is 14.3 Å². The summed E-state index contributed by atoms with van der Waals surface area (Å²) in [5.74, 6) is -1.13. The Morgan fingerprint density at radius 1 is 1.37 bits per heavy atom. The average Bonchev–Trinajstić information content (AvgIpc) is 2.38. The van der Waals surface area contributed by atoms with Crippen LogP contribution in [0.4, 0.5) is 4.39 Å². The van der Waals surface area contributed by atoms with Crippen LogP contribution in [0.5, 0.6) is 0 Å². The van der Waals surface area contributed by atoms with Crippen molar-refractivity contribution in [1.82, 2.24) is 5.32 Å². The molecule has 0 heterocycles. The van der Waals surface area contributed by atoms with Gasteiger partial charge in [0.15, 0.2) is 0 Å². The van der Waals surface area contributed by atoms with Crippen molar-refractivity contribution in [3.63, 3.8) is 0 Å². The number of hydrogen-bond donors (Lipinski definition) is 1. The topological polar surface area (TPSA) is 55.4 Å². The molecular weight excluding hydrogens is 249 g/mol. The molecule has 0 radical (unpaired) electrons. The Labute approximate surface area is 111 Å². The molecule has 0 atom stereocenters. The molecule has 0 spiro atoms. The third kappa shape index (κ3) is 5.81. The van der Waals surface area contributed by atoms with Gasteiger partial charge in [0, 0.05) is 18.2 Å². The van der Waals surface area contributed by atoms with Gasteiger partial charge in [-0.15, -0.1) is 0 Å². The van der Waals surface area contributed by atoms with Crippen LogP contribution in [0.1, 0.15) is 18.9 Å². The van der Waals surface area contributed by atoms with Crippen LogP contribution in [0.25, 0.3) is 6.08 Å². The summed E-state index contributed by atoms with van der Waals surface area (Å²) in [6.07, 6.45) is 2.73. The monoisotopic (exact) mass is 265 g/mol. The van der Waals surface area contributed by atoms with Gasteiger partial charge in [0.25, 0.3) is 0 Å². The van der Waals surface area contributed by atoms with Gasteiger partial charge in [-0.1, -0.05) is 18.2 Å². The third-order valence-electron chi connectivity index (χ3n) is 2.25. The van der Waals surface area contributed by atoms with E-state index >= 15 is 0 Å². The van der Waals surface area contributed by atoms with Gasteiger partial charge < -0.3 is 10.1 Å². The molecule has 1 rings (SSSR count). The van der Waals surface area contributed by atoms with Crippen molar-refractivity contribution in [2.24, 2.45) is 0 Å². The van der Waals surface area contributed by atoms with Crippen LogP contribution in [0, 0.1) is 5.82 Å². The van der Waals surface area contributed by atoms with Crippen molar-refractivity contribution in [3.8, 4) is 0 Å². The Kier molecular flexibility index (Phi) is 6.29. The summed E-state index contributed by atoms with van der Waals surface area (Å²) in [6.45, 7) is 2.23. The normalized spacial score (nSPS) is 10.4. The van der Waals surface area contributed by atoms with Gasteiger partial charge in [-0.05, 0) is 19.1 Å². The van der Waals surface area contributed by atoms with Crippen LogP contribution in [0.2, 0.25) is 0 Å². The molecule has 1 aromatic rings. The summed E-state index contributed by atoms with van der Waals surface area (Å²) in [6, 6.07) is 6.14. The lowest BCUT2D eigenvalue weighted by Gasteiger charge is -2.02. The first-order valence-electron chi connectivity index (χ1n) is 5.99. The number of esters is 1. The highest BCUT2D eigenvalue weighted by molar-refractivity contribution is 5.91. The van der Waals surface area contributed by atoms with E-state index in [0.29, 0.717) is 12.2 Å². The summed E-state index contributed by atoms with van der Waals surface area (Å²) < 4.78 is 17.9. The summed E-state index contributed by atoms with van der Waals surface area (Å²) in [7, 11) is 0. The Morgan fingerprint density at radius 2 is 2.11 bits per heavy atom. The predicted octanol–water partition coefficient (Wildman–Crippen LogP) is 1.91. The zero-order valence-electron chi connectivity index (χ0n) is 10.7. The molecule has 4 nitrogen and oxygen atoms in total. The van der Waals surface area contributed by atoms with E-state index in [4.69, 9.17) is 4.74 Å². The molecule has 1 N–H and O–H groups in total. The van der Waals surface area contributed by atoms with Crippen LogP contribution < -0.4 is 5.32 Å². The highest BCUT2D eigenvalue weighted by Crippen LogP contribution is 2.07. The van der Waals surface area contributed by atoms with Crippen molar-refractivity contribution >= 4 is 18.0 Å². The lowest BCUT2D eigenvalue weighted by atomic mass is 10.2. The van der Waals surface area contributed by atoms with Gasteiger partial charge in [-0.3, -0.25) is 9.59 Å². The maximum atomic E-state index is 13.2. The van der Waals surface area contributed by atoms with Crippen molar-refractivity contribution in [2.45, 2.75) is 13.3 Å². The Balaban J connectivity index is 2.35. The first-order valence-corrected chi connectivity index (χ1v) is 5.99. The second kappa shape index (κ2) is 8.02. The largest absolute Gasteiger partial charge is 0.466 e. The maximum Gasteiger partial charge on any atom is 0.307 e. The molecule has 0 saturated carbocycles. The van der Waals surface area contributed by atoms with Crippen LogP contribution in [-0.4, -0.2) is 25.0 Å². The number of hydrogen-bond acceptors (Lipinski definition) is 3. The minimum atomic E-state index is -0.391. The van der Waals surface area contributed by atoms with Gasteiger partial charge in [0.05, 0.1) is 13.0 Å². The number of halogens is 1. The minimum Gasteiger partial charge on any atom is -0.466 e. The fourth-order valence-corrected chi connectivity index (χ4v) is 1.36. The maximum absolute atomic E-state index is 13.2. The summed E-state index contributed by atoms with van der Waals surface area (Å²) in [5.41, 5.74) is 0.336. The lowest BCUT2D eigenvalue weighted by Crippen LogP contribution is -2.24. The van der Waals surface area contributed by atoms with E-state index in [2.05, 4.69) is 5.32 Å². The van der Waals surface area contributed by atoms with E-state index in [-0.39, 0.29) is 24.8 Å². The highest BCUT2D eigenvalue weighted by Gasteiger charge is 2.02. The number of benzene rings is 1. The van der Waals surface area contributed by atoms with Gasteiger partial charge >= 0.3 is 5.97 Å². The Hall–Kier alpha value is -2.17. The number of carbonyl (C=O) groups is 2. The van der Waals surface area contributed by atoms with E-state index in [1.807, 2.05) is 0 Å². The van der Waals surface area contributed by atoms with Crippen molar-refractivity contribution in [3.05, 3.63) is 41.7 Å². The molecule has 0 aliphatic rings. The van der Waals surface area contributed by atoms with E-state index in [9.17, 15) is 14.0 Å². The van der Waals surface area contributed by atoms with Crippen LogP contribution in [0.15, 0.2) is 30.3 Å². The SMILES string of the molecule is CCOC(=O)CCNC(=O)/C=C/c1ccccc1F. The smallest absolute Gasteiger partial charge is 0.307 e. The van der Waals surface area contributed by atoms with E-state index in [0.717, 1.165) is 0 Å². The quantitative estimate of drug-likeness (QED) is 0.631. The lowest BCUT2D eigenvalue weighted by molar-refractivity contribution is -0.142. The fourth-order valence-electron chi connectivity index (χ4n) is 1.36. The number of amides is 1. The van der Waals surface area contributed by atoms with Gasteiger partial charge in [-0.25, -0.2) is 4.39 Å². The fraction of sp³-hybridized carbons (Fsp3) is 0.286. The zero-order chi connectivity index (χ0) is 14.1.